The Morgan fingerprint density at radius 1 is 1.48 bits per heavy atom. The Morgan fingerprint density at radius 2 is 2.24 bits per heavy atom. The van der Waals surface area contributed by atoms with Crippen LogP contribution in [0, 0.1) is 12.3 Å². The molecular formula is C15H23N3O3. The van der Waals surface area contributed by atoms with E-state index in [4.69, 9.17) is 4.74 Å². The Labute approximate surface area is 125 Å². The lowest BCUT2D eigenvalue weighted by molar-refractivity contribution is -0.147. The van der Waals surface area contributed by atoms with E-state index >= 15 is 0 Å². The van der Waals surface area contributed by atoms with Gasteiger partial charge in [-0.15, -0.1) is 0 Å². The Kier molecular flexibility index (Phi) is 4.65. The van der Waals surface area contributed by atoms with E-state index in [-0.39, 0.29) is 0 Å². The summed E-state index contributed by atoms with van der Waals surface area (Å²) in [5, 5.41) is 9.46. The third-order valence-corrected chi connectivity index (χ3v) is 4.04. The Morgan fingerprint density at radius 3 is 2.81 bits per heavy atom. The number of hydrogen-bond donors (Lipinski definition) is 1. The number of carboxylic acids is 1. The van der Waals surface area contributed by atoms with E-state index in [9.17, 15) is 9.90 Å². The van der Waals surface area contributed by atoms with E-state index in [0.717, 1.165) is 12.1 Å². The van der Waals surface area contributed by atoms with Gasteiger partial charge in [0.2, 0.25) is 11.8 Å². The van der Waals surface area contributed by atoms with E-state index in [1.165, 1.54) is 0 Å². The fourth-order valence-corrected chi connectivity index (χ4v) is 2.60. The molecule has 0 aromatic carbocycles. The van der Waals surface area contributed by atoms with Crippen LogP contribution in [-0.2, 0) is 4.79 Å². The van der Waals surface area contributed by atoms with Crippen LogP contribution < -0.4 is 9.64 Å². The molecule has 0 bridgehead atoms. The number of anilines is 1. The molecule has 1 unspecified atom stereocenters. The normalized spacial score (nSPS) is 21.6. The highest BCUT2D eigenvalue weighted by Gasteiger charge is 2.44. The Bertz CT molecular complexity index is 521. The second-order valence-corrected chi connectivity index (χ2v) is 5.61. The van der Waals surface area contributed by atoms with E-state index in [1.54, 1.807) is 6.07 Å². The van der Waals surface area contributed by atoms with E-state index in [2.05, 4.69) is 9.97 Å². The molecule has 6 nitrogen and oxygen atoms in total. The van der Waals surface area contributed by atoms with Gasteiger partial charge in [0.1, 0.15) is 0 Å². The van der Waals surface area contributed by atoms with Crippen molar-refractivity contribution in [3.8, 4) is 5.88 Å². The zero-order valence-electron chi connectivity index (χ0n) is 12.9. The largest absolute Gasteiger partial charge is 0.481 e. The van der Waals surface area contributed by atoms with Crippen LogP contribution in [0.5, 0.6) is 5.88 Å². The summed E-state index contributed by atoms with van der Waals surface area (Å²) in [7, 11) is 0. The van der Waals surface area contributed by atoms with E-state index in [0.29, 0.717) is 44.4 Å². The van der Waals surface area contributed by atoms with Crippen molar-refractivity contribution in [1.82, 2.24) is 9.97 Å². The first-order valence-electron chi connectivity index (χ1n) is 7.47. The Balaban J connectivity index is 2.19. The molecule has 2 rings (SSSR count). The average molecular weight is 293 g/mol. The molecule has 116 valence electrons. The highest BCUT2D eigenvalue weighted by atomic mass is 16.5. The third kappa shape index (κ3) is 3.25. The van der Waals surface area contributed by atoms with Crippen LogP contribution >= 0.6 is 0 Å². The molecule has 0 amide bonds. The number of aromatic nitrogens is 2. The summed E-state index contributed by atoms with van der Waals surface area (Å²) in [5.41, 5.74) is 0.146. The van der Waals surface area contributed by atoms with Crippen molar-refractivity contribution in [3.05, 3.63) is 11.8 Å². The quantitative estimate of drug-likeness (QED) is 0.867. The summed E-state index contributed by atoms with van der Waals surface area (Å²) in [4.78, 5) is 22.3. The number of ether oxygens (including phenoxy) is 1. The second kappa shape index (κ2) is 6.28. The predicted octanol–water partition coefficient (Wildman–Crippen LogP) is 2.26. The number of nitrogens with zero attached hydrogens (tertiary/aromatic N) is 3. The molecule has 6 heteroatoms. The lowest BCUT2D eigenvalue weighted by Crippen LogP contribution is -2.34. The summed E-state index contributed by atoms with van der Waals surface area (Å²) in [6.45, 7) is 7.59. The lowest BCUT2D eigenvalue weighted by atomic mass is 9.84. The SMILES string of the molecule is CCCOc1cc(C)nc(N2CCC(CC)(C(=O)O)C2)n1. The molecule has 0 aliphatic carbocycles. The van der Waals surface area contributed by atoms with Crippen LogP contribution in [0.3, 0.4) is 0 Å². The molecule has 1 N–H and O–H groups in total. The van der Waals surface area contributed by atoms with Gasteiger partial charge in [0, 0.05) is 24.8 Å². The van der Waals surface area contributed by atoms with Gasteiger partial charge in [-0.25, -0.2) is 4.98 Å². The van der Waals surface area contributed by atoms with Crippen LogP contribution in [0.15, 0.2) is 6.07 Å². The van der Waals surface area contributed by atoms with Crippen LogP contribution in [0.1, 0.15) is 38.8 Å². The summed E-state index contributed by atoms with van der Waals surface area (Å²) in [6.07, 6.45) is 2.16. The maximum Gasteiger partial charge on any atom is 0.311 e. The molecule has 1 aromatic heterocycles. The van der Waals surface area contributed by atoms with Crippen molar-refractivity contribution in [2.75, 3.05) is 24.6 Å². The van der Waals surface area contributed by atoms with Crippen LogP contribution in [-0.4, -0.2) is 40.7 Å². The number of carboxylic acid groups (broad SMARTS) is 1. The van der Waals surface area contributed by atoms with Gasteiger partial charge in [0.25, 0.3) is 0 Å². The molecule has 1 aliphatic rings. The molecule has 1 aliphatic heterocycles. The number of carbonyl (C=O) groups is 1. The van der Waals surface area contributed by atoms with Gasteiger partial charge in [-0.1, -0.05) is 13.8 Å². The average Bonchev–Trinajstić information content (AvgIpc) is 2.90. The molecule has 1 saturated heterocycles. The highest BCUT2D eigenvalue weighted by molar-refractivity contribution is 5.76. The number of aliphatic carboxylic acids is 1. The van der Waals surface area contributed by atoms with E-state index < -0.39 is 11.4 Å². The highest BCUT2D eigenvalue weighted by Crippen LogP contribution is 2.36. The molecule has 1 aromatic rings. The molecule has 1 fully saturated rings. The van der Waals surface area contributed by atoms with E-state index in [1.807, 2.05) is 25.7 Å². The lowest BCUT2D eigenvalue weighted by Gasteiger charge is -2.23. The van der Waals surface area contributed by atoms with Crippen molar-refractivity contribution in [2.24, 2.45) is 5.41 Å². The third-order valence-electron chi connectivity index (χ3n) is 4.04. The molecule has 1 atom stereocenters. The van der Waals surface area contributed by atoms with Gasteiger partial charge in [-0.2, -0.15) is 4.98 Å². The first-order chi connectivity index (χ1) is 10.0. The summed E-state index contributed by atoms with van der Waals surface area (Å²) in [5.74, 6) is 0.393. The predicted molar refractivity (Wildman–Crippen MR) is 79.7 cm³/mol. The summed E-state index contributed by atoms with van der Waals surface area (Å²) >= 11 is 0. The minimum Gasteiger partial charge on any atom is -0.481 e. The molecule has 21 heavy (non-hydrogen) atoms. The number of rotatable bonds is 6. The van der Waals surface area contributed by atoms with Gasteiger partial charge in [-0.05, 0) is 26.2 Å². The fourth-order valence-electron chi connectivity index (χ4n) is 2.60. The second-order valence-electron chi connectivity index (χ2n) is 5.61. The topological polar surface area (TPSA) is 75.5 Å². The zero-order valence-corrected chi connectivity index (χ0v) is 12.9. The Hall–Kier alpha value is -1.85. The van der Waals surface area contributed by atoms with Gasteiger partial charge in [0.05, 0.1) is 12.0 Å². The van der Waals surface area contributed by atoms with Crippen molar-refractivity contribution >= 4 is 11.9 Å². The van der Waals surface area contributed by atoms with Crippen molar-refractivity contribution < 1.29 is 14.6 Å². The monoisotopic (exact) mass is 293 g/mol. The molecule has 0 radical (unpaired) electrons. The minimum absolute atomic E-state index is 0.454. The summed E-state index contributed by atoms with van der Waals surface area (Å²) in [6, 6.07) is 1.81. The van der Waals surface area contributed by atoms with Crippen molar-refractivity contribution in [2.45, 2.75) is 40.0 Å². The standard InChI is InChI=1S/C15H23N3O3/c1-4-8-21-12-9-11(3)16-14(17-12)18-7-6-15(5-2,10-18)13(19)20/h9H,4-8,10H2,1-3H3,(H,19,20). The van der Waals surface area contributed by atoms with Crippen LogP contribution in [0.2, 0.25) is 0 Å². The van der Waals surface area contributed by atoms with Gasteiger partial charge >= 0.3 is 5.97 Å². The fraction of sp³-hybridized carbons (Fsp3) is 0.667. The molecule has 0 saturated carbocycles. The van der Waals surface area contributed by atoms with Gasteiger partial charge in [0.15, 0.2) is 0 Å². The first kappa shape index (κ1) is 15.5. The zero-order chi connectivity index (χ0) is 15.5. The molecular weight excluding hydrogens is 270 g/mol. The molecule has 0 spiro atoms. The van der Waals surface area contributed by atoms with Crippen LogP contribution in [0.25, 0.3) is 0 Å². The first-order valence-corrected chi connectivity index (χ1v) is 7.47. The molecule has 2 heterocycles. The minimum atomic E-state index is -0.734. The van der Waals surface area contributed by atoms with Crippen molar-refractivity contribution in [1.29, 1.82) is 0 Å². The smallest absolute Gasteiger partial charge is 0.311 e. The van der Waals surface area contributed by atoms with Crippen LogP contribution in [0.4, 0.5) is 5.95 Å². The van der Waals surface area contributed by atoms with Gasteiger partial charge < -0.3 is 14.7 Å². The van der Waals surface area contributed by atoms with Crippen molar-refractivity contribution in [3.63, 3.8) is 0 Å². The number of hydrogen-bond acceptors (Lipinski definition) is 5. The van der Waals surface area contributed by atoms with Gasteiger partial charge in [-0.3, -0.25) is 4.79 Å². The number of aryl methyl sites for hydroxylation is 1. The maximum atomic E-state index is 11.5. The summed E-state index contributed by atoms with van der Waals surface area (Å²) < 4.78 is 5.57. The maximum absolute atomic E-state index is 11.5.